The highest BCUT2D eigenvalue weighted by Gasteiger charge is 2.51. The Bertz CT molecular complexity index is 717. The number of halogens is 2. The van der Waals surface area contributed by atoms with Crippen LogP contribution in [-0.4, -0.2) is 35.9 Å². The number of nitrogens with zero attached hydrogens (tertiary/aromatic N) is 1. The first-order valence-corrected chi connectivity index (χ1v) is 9.73. The molecule has 0 radical (unpaired) electrons. The van der Waals surface area contributed by atoms with Gasteiger partial charge in [-0.1, -0.05) is 36.0 Å². The lowest BCUT2D eigenvalue weighted by Crippen LogP contribution is -2.46. The first kappa shape index (κ1) is 17.0. The van der Waals surface area contributed by atoms with E-state index in [2.05, 4.69) is 0 Å². The predicted molar refractivity (Wildman–Crippen MR) is 87.3 cm³/mol. The Balaban J connectivity index is 2.06. The lowest BCUT2D eigenvalue weighted by Gasteiger charge is -2.32. The summed E-state index contributed by atoms with van der Waals surface area (Å²) in [6, 6.07) is 2.80. The standard InChI is InChI=1S/C15H17Cl2NO4S/c16-10-6-11(17)8-12(7-10)23(21,22)18-13-4-2-1-3-9(13)5-14(18)15(19)20/h6-9,13-14H,1-5H2,(H,19,20)/t9-,13-,14-/m0/s1. The number of fused-ring (bicyclic) bond motifs is 1. The molecule has 1 aliphatic heterocycles. The second-order valence-corrected chi connectivity index (χ2v) is 8.86. The van der Waals surface area contributed by atoms with Gasteiger partial charge in [-0.05, 0) is 43.4 Å². The number of aliphatic carboxylic acids is 1. The highest BCUT2D eigenvalue weighted by Crippen LogP contribution is 2.43. The third-order valence-corrected chi connectivity index (χ3v) is 7.07. The topological polar surface area (TPSA) is 74.7 Å². The molecule has 0 aromatic heterocycles. The van der Waals surface area contributed by atoms with Gasteiger partial charge >= 0.3 is 5.97 Å². The minimum Gasteiger partial charge on any atom is -0.480 e. The Hall–Kier alpha value is -0.820. The van der Waals surface area contributed by atoms with E-state index in [1.807, 2.05) is 0 Å². The van der Waals surface area contributed by atoms with E-state index in [1.54, 1.807) is 0 Å². The van der Waals surface area contributed by atoms with Gasteiger partial charge in [0, 0.05) is 16.1 Å². The summed E-state index contributed by atoms with van der Waals surface area (Å²) in [6.07, 6.45) is 3.87. The highest BCUT2D eigenvalue weighted by molar-refractivity contribution is 7.89. The maximum atomic E-state index is 13.1. The monoisotopic (exact) mass is 377 g/mol. The predicted octanol–water partition coefficient (Wildman–Crippen LogP) is 3.40. The van der Waals surface area contributed by atoms with Crippen molar-refractivity contribution in [2.75, 3.05) is 0 Å². The molecule has 2 fully saturated rings. The van der Waals surface area contributed by atoms with Crippen LogP contribution in [0.25, 0.3) is 0 Å². The molecule has 3 atom stereocenters. The van der Waals surface area contributed by atoms with Gasteiger partial charge < -0.3 is 5.11 Å². The molecule has 1 saturated heterocycles. The van der Waals surface area contributed by atoms with Crippen molar-refractivity contribution >= 4 is 39.2 Å². The maximum absolute atomic E-state index is 13.1. The van der Waals surface area contributed by atoms with Crippen LogP contribution in [0.15, 0.2) is 23.1 Å². The molecule has 1 aromatic carbocycles. The molecular weight excluding hydrogens is 361 g/mol. The van der Waals surface area contributed by atoms with Gasteiger partial charge in [0.1, 0.15) is 6.04 Å². The number of hydrogen-bond donors (Lipinski definition) is 1. The van der Waals surface area contributed by atoms with Gasteiger partial charge in [0.05, 0.1) is 4.90 Å². The Labute approximate surface area is 145 Å². The van der Waals surface area contributed by atoms with Crippen molar-refractivity contribution in [3.8, 4) is 0 Å². The Kier molecular flexibility index (Phi) is 4.62. The summed E-state index contributed by atoms with van der Waals surface area (Å²) in [5.74, 6) is -0.995. The van der Waals surface area contributed by atoms with E-state index in [-0.39, 0.29) is 26.9 Å². The quantitative estimate of drug-likeness (QED) is 0.875. The van der Waals surface area contributed by atoms with Crippen molar-refractivity contribution in [1.82, 2.24) is 4.31 Å². The van der Waals surface area contributed by atoms with Crippen LogP contribution in [0.2, 0.25) is 10.0 Å². The van der Waals surface area contributed by atoms with Gasteiger partial charge in [-0.2, -0.15) is 4.31 Å². The van der Waals surface area contributed by atoms with Crippen molar-refractivity contribution in [2.45, 2.75) is 49.1 Å². The molecule has 0 unspecified atom stereocenters. The molecule has 0 amide bonds. The molecule has 3 rings (SSSR count). The van der Waals surface area contributed by atoms with E-state index in [0.29, 0.717) is 12.8 Å². The summed E-state index contributed by atoms with van der Waals surface area (Å²) in [7, 11) is -3.96. The Morgan fingerprint density at radius 1 is 1.13 bits per heavy atom. The minimum absolute atomic E-state index is 0.0486. The molecule has 0 spiro atoms. The maximum Gasteiger partial charge on any atom is 0.322 e. The number of carboxylic acid groups (broad SMARTS) is 1. The van der Waals surface area contributed by atoms with Crippen LogP contribution in [0, 0.1) is 5.92 Å². The van der Waals surface area contributed by atoms with Gasteiger partial charge in [-0.3, -0.25) is 4.79 Å². The lowest BCUT2D eigenvalue weighted by atomic mass is 9.85. The van der Waals surface area contributed by atoms with Crippen molar-refractivity contribution in [3.63, 3.8) is 0 Å². The molecule has 23 heavy (non-hydrogen) atoms. The molecule has 1 heterocycles. The summed E-state index contributed by atoms with van der Waals surface area (Å²) >= 11 is 11.8. The molecule has 5 nitrogen and oxygen atoms in total. The van der Waals surface area contributed by atoms with Crippen LogP contribution in [0.3, 0.4) is 0 Å². The molecule has 1 N–H and O–H groups in total. The van der Waals surface area contributed by atoms with Gasteiger partial charge in [-0.15, -0.1) is 0 Å². The minimum atomic E-state index is -3.96. The summed E-state index contributed by atoms with van der Waals surface area (Å²) in [5.41, 5.74) is 0. The first-order chi connectivity index (χ1) is 10.8. The summed E-state index contributed by atoms with van der Waals surface area (Å²) in [6.45, 7) is 0. The zero-order chi connectivity index (χ0) is 16.8. The zero-order valence-corrected chi connectivity index (χ0v) is 14.6. The highest BCUT2D eigenvalue weighted by atomic mass is 35.5. The average molecular weight is 378 g/mol. The normalized spacial score (nSPS) is 28.5. The van der Waals surface area contributed by atoms with Crippen molar-refractivity contribution in [2.24, 2.45) is 5.92 Å². The van der Waals surface area contributed by atoms with Crippen LogP contribution < -0.4 is 0 Å². The molecule has 1 aromatic rings. The van der Waals surface area contributed by atoms with Crippen molar-refractivity contribution < 1.29 is 18.3 Å². The fourth-order valence-corrected chi connectivity index (χ4v) is 6.37. The zero-order valence-electron chi connectivity index (χ0n) is 12.3. The van der Waals surface area contributed by atoms with E-state index in [9.17, 15) is 18.3 Å². The number of rotatable bonds is 3. The Morgan fingerprint density at radius 2 is 1.74 bits per heavy atom. The van der Waals surface area contributed by atoms with Gasteiger partial charge in [0.2, 0.25) is 10.0 Å². The number of sulfonamides is 1. The SMILES string of the molecule is O=C(O)[C@@H]1C[C@@H]2CCCC[C@@H]2N1S(=O)(=O)c1cc(Cl)cc(Cl)c1. The smallest absolute Gasteiger partial charge is 0.322 e. The van der Waals surface area contributed by atoms with Crippen LogP contribution >= 0.6 is 23.2 Å². The first-order valence-electron chi connectivity index (χ1n) is 7.53. The molecule has 1 saturated carbocycles. The number of carboxylic acids is 1. The van der Waals surface area contributed by atoms with Crippen molar-refractivity contribution in [3.05, 3.63) is 28.2 Å². The second kappa shape index (κ2) is 6.24. The molecule has 2 aliphatic rings. The molecule has 0 bridgehead atoms. The third-order valence-electron chi connectivity index (χ3n) is 4.73. The largest absolute Gasteiger partial charge is 0.480 e. The molecule has 8 heteroatoms. The van der Waals surface area contributed by atoms with Gasteiger partial charge in [0.25, 0.3) is 0 Å². The van der Waals surface area contributed by atoms with E-state index in [1.165, 1.54) is 22.5 Å². The van der Waals surface area contributed by atoms with Crippen LogP contribution in [0.5, 0.6) is 0 Å². The lowest BCUT2D eigenvalue weighted by molar-refractivity contribution is -0.141. The average Bonchev–Trinajstić information content (AvgIpc) is 2.86. The molecule has 1 aliphatic carbocycles. The fraction of sp³-hybridized carbons (Fsp3) is 0.533. The van der Waals surface area contributed by atoms with Crippen LogP contribution in [0.4, 0.5) is 0 Å². The third kappa shape index (κ3) is 3.09. The van der Waals surface area contributed by atoms with Crippen molar-refractivity contribution in [1.29, 1.82) is 0 Å². The molecule has 126 valence electrons. The number of carbonyl (C=O) groups is 1. The summed E-state index contributed by atoms with van der Waals surface area (Å²) in [5, 5.41) is 9.91. The van der Waals surface area contributed by atoms with Gasteiger partial charge in [0.15, 0.2) is 0 Å². The second-order valence-electron chi connectivity index (χ2n) is 6.14. The van der Waals surface area contributed by atoms with Crippen LogP contribution in [0.1, 0.15) is 32.1 Å². The van der Waals surface area contributed by atoms with E-state index >= 15 is 0 Å². The molecular formula is C15H17Cl2NO4S. The van der Waals surface area contributed by atoms with E-state index in [4.69, 9.17) is 23.2 Å². The fourth-order valence-electron chi connectivity index (χ4n) is 3.77. The van der Waals surface area contributed by atoms with Gasteiger partial charge in [-0.25, -0.2) is 8.42 Å². The van der Waals surface area contributed by atoms with E-state index in [0.717, 1.165) is 19.3 Å². The summed E-state index contributed by atoms with van der Waals surface area (Å²) < 4.78 is 27.3. The van der Waals surface area contributed by atoms with Crippen LogP contribution in [-0.2, 0) is 14.8 Å². The Morgan fingerprint density at radius 3 is 2.35 bits per heavy atom. The number of benzene rings is 1. The summed E-state index contributed by atoms with van der Waals surface area (Å²) in [4.78, 5) is 11.6. The number of hydrogen-bond acceptors (Lipinski definition) is 3. The van der Waals surface area contributed by atoms with E-state index < -0.39 is 22.0 Å².